The summed E-state index contributed by atoms with van der Waals surface area (Å²) in [6.45, 7) is 1.39. The van der Waals surface area contributed by atoms with Crippen LogP contribution in [-0.4, -0.2) is 26.0 Å². The number of rotatable bonds is 5. The molecule has 4 nitrogen and oxygen atoms in total. The molecule has 1 aromatic rings. The molecule has 1 rings (SSSR count). The lowest BCUT2D eigenvalue weighted by molar-refractivity contribution is -0.148. The van der Waals surface area contributed by atoms with Crippen LogP contribution in [0.3, 0.4) is 0 Å². The zero-order valence-corrected chi connectivity index (χ0v) is 10.2. The van der Waals surface area contributed by atoms with E-state index in [9.17, 15) is 9.59 Å². The monoisotopic (exact) mass is 236 g/mol. The lowest BCUT2D eigenvalue weighted by Gasteiger charge is -2.11. The largest absolute Gasteiger partial charge is 0.497 e. The molecule has 0 aliphatic heterocycles. The van der Waals surface area contributed by atoms with Crippen LogP contribution < -0.4 is 4.74 Å². The summed E-state index contributed by atoms with van der Waals surface area (Å²) in [5, 5.41) is 0. The molecular weight excluding hydrogens is 220 g/mol. The predicted octanol–water partition coefficient (Wildman–Crippen LogP) is 1.62. The third-order valence-electron chi connectivity index (χ3n) is 2.58. The number of hydrogen-bond donors (Lipinski definition) is 0. The summed E-state index contributed by atoms with van der Waals surface area (Å²) in [5.41, 5.74) is 0.899. The first-order chi connectivity index (χ1) is 8.08. The van der Waals surface area contributed by atoms with Crippen LogP contribution in [0.1, 0.15) is 12.5 Å². The summed E-state index contributed by atoms with van der Waals surface area (Å²) < 4.78 is 9.64. The van der Waals surface area contributed by atoms with Crippen molar-refractivity contribution in [2.45, 2.75) is 13.3 Å². The Morgan fingerprint density at radius 2 is 1.76 bits per heavy atom. The van der Waals surface area contributed by atoms with Gasteiger partial charge in [-0.15, -0.1) is 0 Å². The molecule has 0 bridgehead atoms. The maximum atomic E-state index is 11.4. The number of carbonyl (C=O) groups is 2. The normalized spacial score (nSPS) is 11.7. The highest BCUT2D eigenvalue weighted by Crippen LogP contribution is 2.16. The third kappa shape index (κ3) is 3.59. The van der Waals surface area contributed by atoms with Crippen LogP contribution in [0.25, 0.3) is 0 Å². The minimum absolute atomic E-state index is 0.187. The molecule has 0 spiro atoms. The van der Waals surface area contributed by atoms with Crippen LogP contribution in [-0.2, 0) is 20.7 Å². The van der Waals surface area contributed by atoms with Crippen LogP contribution in [0.2, 0.25) is 0 Å². The molecule has 0 unspecified atom stereocenters. The molecule has 0 amide bonds. The van der Waals surface area contributed by atoms with E-state index in [1.807, 2.05) is 12.1 Å². The molecule has 92 valence electrons. The van der Waals surface area contributed by atoms with Crippen LogP contribution in [0.15, 0.2) is 24.3 Å². The second kappa shape index (κ2) is 6.03. The number of hydrogen-bond acceptors (Lipinski definition) is 4. The number of benzene rings is 1. The Kier molecular flexibility index (Phi) is 4.69. The Labute approximate surface area is 101 Å². The molecule has 0 saturated heterocycles. The average molecular weight is 236 g/mol. The molecule has 1 aromatic carbocycles. The minimum atomic E-state index is -0.728. The van der Waals surface area contributed by atoms with Crippen molar-refractivity contribution in [3.8, 4) is 5.75 Å². The quantitative estimate of drug-likeness (QED) is 0.575. The van der Waals surface area contributed by atoms with Crippen LogP contribution in [0, 0.1) is 5.92 Å². The van der Waals surface area contributed by atoms with Gasteiger partial charge in [0, 0.05) is 0 Å². The Morgan fingerprint density at radius 3 is 2.18 bits per heavy atom. The van der Waals surface area contributed by atoms with Crippen LogP contribution in [0.5, 0.6) is 5.75 Å². The van der Waals surface area contributed by atoms with E-state index in [0.29, 0.717) is 6.42 Å². The van der Waals surface area contributed by atoms with Crippen molar-refractivity contribution in [3.05, 3.63) is 29.8 Å². The van der Waals surface area contributed by atoms with E-state index in [1.165, 1.54) is 14.0 Å². The first-order valence-corrected chi connectivity index (χ1v) is 5.29. The Morgan fingerprint density at radius 1 is 1.18 bits per heavy atom. The summed E-state index contributed by atoms with van der Waals surface area (Å²) in [4.78, 5) is 22.8. The molecule has 0 aliphatic rings. The molecular formula is C13H16O4. The summed E-state index contributed by atoms with van der Waals surface area (Å²) >= 11 is 0. The molecule has 17 heavy (non-hydrogen) atoms. The predicted molar refractivity (Wildman–Crippen MR) is 62.9 cm³/mol. The van der Waals surface area contributed by atoms with Crippen molar-refractivity contribution in [2.75, 3.05) is 14.2 Å². The van der Waals surface area contributed by atoms with E-state index in [0.717, 1.165) is 11.3 Å². The van der Waals surface area contributed by atoms with Gasteiger partial charge in [-0.2, -0.15) is 0 Å². The van der Waals surface area contributed by atoms with Crippen molar-refractivity contribution in [3.63, 3.8) is 0 Å². The first kappa shape index (κ1) is 13.2. The Hall–Kier alpha value is -1.84. The van der Waals surface area contributed by atoms with Gasteiger partial charge >= 0.3 is 5.97 Å². The molecule has 0 saturated carbocycles. The highest BCUT2D eigenvalue weighted by atomic mass is 16.5. The van der Waals surface area contributed by atoms with E-state index < -0.39 is 11.9 Å². The van der Waals surface area contributed by atoms with E-state index in [-0.39, 0.29) is 5.78 Å². The highest BCUT2D eigenvalue weighted by Gasteiger charge is 2.24. The zero-order chi connectivity index (χ0) is 12.8. The topological polar surface area (TPSA) is 52.6 Å². The fourth-order valence-electron chi connectivity index (χ4n) is 1.53. The third-order valence-corrected chi connectivity index (χ3v) is 2.58. The van der Waals surface area contributed by atoms with Gasteiger partial charge in [0.05, 0.1) is 14.2 Å². The van der Waals surface area contributed by atoms with Gasteiger partial charge < -0.3 is 9.47 Å². The molecule has 0 N–H and O–H groups in total. The zero-order valence-electron chi connectivity index (χ0n) is 10.2. The lowest BCUT2D eigenvalue weighted by atomic mass is 9.96. The summed E-state index contributed by atoms with van der Waals surface area (Å²) in [5.74, 6) is -0.666. The smallest absolute Gasteiger partial charge is 0.316 e. The van der Waals surface area contributed by atoms with E-state index in [2.05, 4.69) is 4.74 Å². The minimum Gasteiger partial charge on any atom is -0.497 e. The number of ether oxygens (including phenoxy) is 2. The van der Waals surface area contributed by atoms with Gasteiger partial charge in [-0.05, 0) is 31.0 Å². The summed E-state index contributed by atoms with van der Waals surface area (Å²) in [6.07, 6.45) is 0.353. The first-order valence-electron chi connectivity index (χ1n) is 5.29. The number of methoxy groups -OCH3 is 2. The van der Waals surface area contributed by atoms with Gasteiger partial charge in [-0.3, -0.25) is 9.59 Å². The highest BCUT2D eigenvalue weighted by molar-refractivity contribution is 5.97. The van der Waals surface area contributed by atoms with Gasteiger partial charge in [0.15, 0.2) is 0 Å². The van der Waals surface area contributed by atoms with Gasteiger partial charge in [0.1, 0.15) is 17.5 Å². The summed E-state index contributed by atoms with van der Waals surface area (Å²) in [6, 6.07) is 7.25. The number of ketones is 1. The second-order valence-corrected chi connectivity index (χ2v) is 3.74. The van der Waals surface area contributed by atoms with Gasteiger partial charge in [-0.25, -0.2) is 0 Å². The molecule has 4 heteroatoms. The van der Waals surface area contributed by atoms with Crippen LogP contribution >= 0.6 is 0 Å². The van der Waals surface area contributed by atoms with E-state index >= 15 is 0 Å². The maximum absolute atomic E-state index is 11.4. The van der Waals surface area contributed by atoms with Crippen molar-refractivity contribution in [2.24, 2.45) is 5.92 Å². The molecule has 0 aliphatic carbocycles. The van der Waals surface area contributed by atoms with Crippen molar-refractivity contribution >= 4 is 11.8 Å². The van der Waals surface area contributed by atoms with Crippen molar-refractivity contribution in [1.29, 1.82) is 0 Å². The standard InChI is InChI=1S/C13H16O4/c1-9(14)12(13(15)17-3)8-10-4-6-11(16-2)7-5-10/h4-7,12H,8H2,1-3H3/t12-/m1/s1. The summed E-state index contributed by atoms with van der Waals surface area (Å²) in [7, 11) is 2.87. The molecule has 0 heterocycles. The van der Waals surface area contributed by atoms with E-state index in [1.54, 1.807) is 19.2 Å². The fraction of sp³-hybridized carbons (Fsp3) is 0.385. The van der Waals surface area contributed by atoms with Gasteiger partial charge in [-0.1, -0.05) is 12.1 Å². The molecule has 0 aromatic heterocycles. The van der Waals surface area contributed by atoms with Gasteiger partial charge in [0.25, 0.3) is 0 Å². The fourth-order valence-corrected chi connectivity index (χ4v) is 1.53. The van der Waals surface area contributed by atoms with E-state index in [4.69, 9.17) is 4.74 Å². The average Bonchev–Trinajstić information content (AvgIpc) is 2.35. The van der Waals surface area contributed by atoms with Gasteiger partial charge in [0.2, 0.25) is 0 Å². The van der Waals surface area contributed by atoms with Crippen molar-refractivity contribution in [1.82, 2.24) is 0 Å². The van der Waals surface area contributed by atoms with Crippen molar-refractivity contribution < 1.29 is 19.1 Å². The molecule has 1 atom stereocenters. The molecule has 0 fully saturated rings. The number of esters is 1. The molecule has 0 radical (unpaired) electrons. The Balaban J connectivity index is 2.79. The Bertz CT molecular complexity index is 394. The number of carbonyl (C=O) groups excluding carboxylic acids is 2. The lowest BCUT2D eigenvalue weighted by Crippen LogP contribution is -2.25. The SMILES string of the molecule is COC(=O)[C@H](Cc1ccc(OC)cc1)C(C)=O. The number of Topliss-reactive ketones (excluding diaryl/α,β-unsaturated/α-hetero) is 1. The second-order valence-electron chi connectivity index (χ2n) is 3.74. The maximum Gasteiger partial charge on any atom is 0.316 e. The van der Waals surface area contributed by atoms with Crippen LogP contribution in [0.4, 0.5) is 0 Å².